The van der Waals surface area contributed by atoms with Gasteiger partial charge >= 0.3 is 0 Å². The van der Waals surface area contributed by atoms with Crippen LogP contribution in [0.3, 0.4) is 0 Å². The third-order valence-electron chi connectivity index (χ3n) is 2.65. The molecule has 0 radical (unpaired) electrons. The number of nitrogens with one attached hydrogen (secondary N) is 1. The quantitative estimate of drug-likeness (QED) is 0.701. The number of hydrogen-bond donors (Lipinski definition) is 2. The van der Waals surface area contributed by atoms with Crippen LogP contribution in [-0.4, -0.2) is 30.5 Å². The fourth-order valence-electron chi connectivity index (χ4n) is 1.80. The van der Waals surface area contributed by atoms with Crippen molar-refractivity contribution in [2.24, 2.45) is 0 Å². The van der Waals surface area contributed by atoms with Gasteiger partial charge in [0.2, 0.25) is 5.91 Å². The molecule has 1 saturated heterocycles. The van der Waals surface area contributed by atoms with E-state index in [1.807, 2.05) is 6.07 Å². The number of hydrogen-bond acceptors (Lipinski definition) is 5. The van der Waals surface area contributed by atoms with Crippen molar-refractivity contribution in [3.63, 3.8) is 0 Å². The predicted octanol–water partition coefficient (Wildman–Crippen LogP) is -0.138. The van der Waals surface area contributed by atoms with Gasteiger partial charge in [-0.05, 0) is 12.5 Å². The molecule has 1 aliphatic heterocycles. The summed E-state index contributed by atoms with van der Waals surface area (Å²) in [6.45, 7) is 1.59. The Hall–Kier alpha value is -2.29. The lowest BCUT2D eigenvalue weighted by molar-refractivity contribution is -0.119. The van der Waals surface area contributed by atoms with Crippen LogP contribution in [0.5, 0.6) is 0 Å². The highest BCUT2D eigenvalue weighted by Crippen LogP contribution is 2.23. The zero-order valence-electron chi connectivity index (χ0n) is 9.31. The summed E-state index contributed by atoms with van der Waals surface area (Å²) in [5, 5.41) is 11.7. The zero-order valence-corrected chi connectivity index (χ0v) is 9.31. The Morgan fingerprint density at radius 1 is 1.59 bits per heavy atom. The molecule has 6 nitrogen and oxygen atoms in total. The second-order valence-corrected chi connectivity index (χ2v) is 3.83. The number of nitrogens with zero attached hydrogens (tertiary/aromatic N) is 3. The zero-order chi connectivity index (χ0) is 12.3. The number of aromatic nitrogens is 1. The summed E-state index contributed by atoms with van der Waals surface area (Å²) in [6, 6.07) is 3.58. The molecule has 0 spiro atoms. The number of amides is 1. The fraction of sp³-hybridized carbons (Fsp3) is 0.364. The van der Waals surface area contributed by atoms with Crippen LogP contribution < -0.4 is 16.0 Å². The standard InChI is InChI=1S/C11H13N5O/c12-6-8-2-4-15-11(10(8)13)16-5-1-3-14-9(17)7-16/h2,4H,1,3,5,7,13H2,(H,14,17). The average Bonchev–Trinajstić information content (AvgIpc) is 2.54. The molecule has 0 bridgehead atoms. The van der Waals surface area contributed by atoms with E-state index in [2.05, 4.69) is 10.3 Å². The molecule has 2 heterocycles. The lowest BCUT2D eigenvalue weighted by Crippen LogP contribution is -2.34. The first-order valence-corrected chi connectivity index (χ1v) is 5.38. The van der Waals surface area contributed by atoms with E-state index >= 15 is 0 Å². The number of pyridine rings is 1. The molecule has 1 fully saturated rings. The lowest BCUT2D eigenvalue weighted by Gasteiger charge is -2.21. The summed E-state index contributed by atoms with van der Waals surface area (Å²) >= 11 is 0. The molecule has 3 N–H and O–H groups in total. The van der Waals surface area contributed by atoms with E-state index in [-0.39, 0.29) is 12.5 Å². The first-order valence-electron chi connectivity index (χ1n) is 5.38. The van der Waals surface area contributed by atoms with Crippen molar-refractivity contribution in [3.05, 3.63) is 17.8 Å². The van der Waals surface area contributed by atoms with Crippen molar-refractivity contribution in [2.45, 2.75) is 6.42 Å². The number of anilines is 2. The lowest BCUT2D eigenvalue weighted by atomic mass is 10.2. The topological polar surface area (TPSA) is 95.0 Å². The number of carbonyl (C=O) groups is 1. The van der Waals surface area contributed by atoms with Gasteiger partial charge in [-0.3, -0.25) is 4.79 Å². The van der Waals surface area contributed by atoms with Crippen molar-refractivity contribution >= 4 is 17.4 Å². The maximum absolute atomic E-state index is 11.4. The molecule has 2 rings (SSSR count). The SMILES string of the molecule is N#Cc1ccnc(N2CCCNC(=O)C2)c1N. The second-order valence-electron chi connectivity index (χ2n) is 3.83. The van der Waals surface area contributed by atoms with Crippen molar-refractivity contribution in [1.82, 2.24) is 10.3 Å². The minimum atomic E-state index is -0.0499. The van der Waals surface area contributed by atoms with E-state index in [0.717, 1.165) is 6.42 Å². The van der Waals surface area contributed by atoms with Gasteiger partial charge in [-0.2, -0.15) is 5.26 Å². The largest absolute Gasteiger partial charge is 0.395 e. The summed E-state index contributed by atoms with van der Waals surface area (Å²) in [4.78, 5) is 17.4. The van der Waals surface area contributed by atoms with Crippen LogP contribution in [0.2, 0.25) is 0 Å². The number of rotatable bonds is 1. The van der Waals surface area contributed by atoms with Gasteiger partial charge in [-0.15, -0.1) is 0 Å². The van der Waals surface area contributed by atoms with E-state index in [0.29, 0.717) is 30.2 Å². The maximum Gasteiger partial charge on any atom is 0.239 e. The molecule has 1 aliphatic rings. The average molecular weight is 231 g/mol. The molecule has 88 valence electrons. The van der Waals surface area contributed by atoms with Crippen LogP contribution in [0.4, 0.5) is 11.5 Å². The van der Waals surface area contributed by atoms with Crippen LogP contribution in [0.25, 0.3) is 0 Å². The summed E-state index contributed by atoms with van der Waals surface area (Å²) in [5.41, 5.74) is 6.59. The van der Waals surface area contributed by atoms with Gasteiger partial charge < -0.3 is 16.0 Å². The highest BCUT2D eigenvalue weighted by atomic mass is 16.2. The van der Waals surface area contributed by atoms with E-state index < -0.39 is 0 Å². The van der Waals surface area contributed by atoms with Crippen LogP contribution in [-0.2, 0) is 4.79 Å². The Kier molecular flexibility index (Phi) is 3.10. The minimum absolute atomic E-state index is 0.0499. The normalized spacial score (nSPS) is 15.9. The Balaban J connectivity index is 2.33. The van der Waals surface area contributed by atoms with Crippen molar-refractivity contribution in [1.29, 1.82) is 5.26 Å². The molecule has 0 aromatic carbocycles. The molecule has 1 aromatic heterocycles. The molecule has 17 heavy (non-hydrogen) atoms. The van der Waals surface area contributed by atoms with E-state index in [4.69, 9.17) is 11.0 Å². The fourth-order valence-corrected chi connectivity index (χ4v) is 1.80. The van der Waals surface area contributed by atoms with Crippen molar-refractivity contribution < 1.29 is 4.79 Å². The summed E-state index contributed by atoms with van der Waals surface area (Å²) < 4.78 is 0. The van der Waals surface area contributed by atoms with Gasteiger partial charge in [0.05, 0.1) is 17.8 Å². The van der Waals surface area contributed by atoms with Gasteiger partial charge in [0.1, 0.15) is 6.07 Å². The second kappa shape index (κ2) is 4.70. The van der Waals surface area contributed by atoms with Gasteiger partial charge in [0.15, 0.2) is 5.82 Å². The molecule has 0 atom stereocenters. The number of nitrogens with two attached hydrogens (primary N) is 1. The summed E-state index contributed by atoms with van der Waals surface area (Å²) in [7, 11) is 0. The first-order chi connectivity index (χ1) is 8.22. The molecule has 0 aliphatic carbocycles. The van der Waals surface area contributed by atoms with Crippen LogP contribution in [0.15, 0.2) is 12.3 Å². The molecule has 0 unspecified atom stereocenters. The van der Waals surface area contributed by atoms with Crippen LogP contribution >= 0.6 is 0 Å². The van der Waals surface area contributed by atoms with E-state index in [1.165, 1.54) is 6.20 Å². The monoisotopic (exact) mass is 231 g/mol. The summed E-state index contributed by atoms with van der Waals surface area (Å²) in [5.74, 6) is 0.465. The Bertz CT molecular complexity index is 479. The van der Waals surface area contributed by atoms with Gasteiger partial charge in [0, 0.05) is 19.3 Å². The number of nitriles is 1. The van der Waals surface area contributed by atoms with Gasteiger partial charge in [-0.1, -0.05) is 0 Å². The molecule has 1 aromatic rings. The molecule has 0 saturated carbocycles. The smallest absolute Gasteiger partial charge is 0.239 e. The van der Waals surface area contributed by atoms with Gasteiger partial charge in [-0.25, -0.2) is 4.98 Å². The molecular weight excluding hydrogens is 218 g/mol. The Morgan fingerprint density at radius 2 is 2.41 bits per heavy atom. The third-order valence-corrected chi connectivity index (χ3v) is 2.65. The summed E-state index contributed by atoms with van der Waals surface area (Å²) in [6.07, 6.45) is 2.37. The number of nitrogen functional groups attached to an aromatic ring is 1. The highest BCUT2D eigenvalue weighted by molar-refractivity contribution is 5.83. The van der Waals surface area contributed by atoms with Gasteiger partial charge in [0.25, 0.3) is 0 Å². The maximum atomic E-state index is 11.4. The van der Waals surface area contributed by atoms with Crippen molar-refractivity contribution in [3.8, 4) is 6.07 Å². The molecule has 6 heteroatoms. The third kappa shape index (κ3) is 2.28. The highest BCUT2D eigenvalue weighted by Gasteiger charge is 2.19. The predicted molar refractivity (Wildman–Crippen MR) is 63.2 cm³/mol. The van der Waals surface area contributed by atoms with Crippen molar-refractivity contribution in [2.75, 3.05) is 30.3 Å². The van der Waals surface area contributed by atoms with Crippen LogP contribution in [0.1, 0.15) is 12.0 Å². The van der Waals surface area contributed by atoms with Crippen LogP contribution in [0, 0.1) is 11.3 Å². The van der Waals surface area contributed by atoms with E-state index in [1.54, 1.807) is 11.0 Å². The minimum Gasteiger partial charge on any atom is -0.395 e. The van der Waals surface area contributed by atoms with E-state index in [9.17, 15) is 4.79 Å². The molecule has 1 amide bonds. The Labute approximate surface area is 99.0 Å². The molecular formula is C11H13N5O. The Morgan fingerprint density at radius 3 is 3.18 bits per heavy atom. The number of carbonyl (C=O) groups excluding carboxylic acids is 1. The first kappa shape index (κ1) is 11.2.